The number of aromatic nitrogens is 1. The molecule has 0 aliphatic carbocycles. The molecule has 0 bridgehead atoms. The standard InChI is InChI=1S/C18H10Cl3FN2O4S/c19-7-4-8(20)15-17(14(7)21)29-12(23-15)6-24-10-3-1-2-9(22)16(10)28-11(18(24)27)5-13(25)26/h1-4,11H,5-6H2,(H,25,26). The Hall–Kier alpha value is -2.13. The first-order chi connectivity index (χ1) is 13.8. The van der Waals surface area contributed by atoms with E-state index in [-0.39, 0.29) is 23.0 Å². The summed E-state index contributed by atoms with van der Waals surface area (Å²) in [5.41, 5.74) is 0.620. The molecular formula is C18H10Cl3FN2O4S. The Kier molecular flexibility index (Phi) is 5.29. The highest BCUT2D eigenvalue weighted by molar-refractivity contribution is 7.19. The Morgan fingerprint density at radius 3 is 2.79 bits per heavy atom. The Morgan fingerprint density at radius 1 is 1.31 bits per heavy atom. The summed E-state index contributed by atoms with van der Waals surface area (Å²) in [5, 5.41) is 10.4. The number of benzene rings is 2. The molecule has 150 valence electrons. The number of carboxylic acid groups (broad SMARTS) is 1. The van der Waals surface area contributed by atoms with Crippen LogP contribution in [-0.2, 0) is 16.1 Å². The molecule has 0 saturated heterocycles. The van der Waals surface area contributed by atoms with Gasteiger partial charge >= 0.3 is 5.97 Å². The Balaban J connectivity index is 1.77. The van der Waals surface area contributed by atoms with Gasteiger partial charge in [0.15, 0.2) is 17.7 Å². The zero-order chi connectivity index (χ0) is 20.9. The van der Waals surface area contributed by atoms with E-state index in [1.165, 1.54) is 40.5 Å². The Bertz CT molecular complexity index is 1170. The van der Waals surface area contributed by atoms with Gasteiger partial charge in [-0.25, -0.2) is 9.37 Å². The Morgan fingerprint density at radius 2 is 2.07 bits per heavy atom. The molecular weight excluding hydrogens is 466 g/mol. The van der Waals surface area contributed by atoms with Gasteiger partial charge < -0.3 is 9.84 Å². The molecule has 1 amide bonds. The van der Waals surface area contributed by atoms with Crippen molar-refractivity contribution in [1.29, 1.82) is 0 Å². The van der Waals surface area contributed by atoms with Crippen LogP contribution in [-0.4, -0.2) is 28.1 Å². The number of ether oxygens (including phenoxy) is 1. The van der Waals surface area contributed by atoms with Crippen LogP contribution in [0, 0.1) is 5.82 Å². The van der Waals surface area contributed by atoms with Crippen LogP contribution in [0.1, 0.15) is 11.4 Å². The van der Waals surface area contributed by atoms with Gasteiger partial charge in [-0.2, -0.15) is 0 Å². The molecule has 0 saturated carbocycles. The van der Waals surface area contributed by atoms with E-state index in [0.717, 1.165) is 0 Å². The first-order valence-corrected chi connectivity index (χ1v) is 10.1. The van der Waals surface area contributed by atoms with E-state index >= 15 is 0 Å². The van der Waals surface area contributed by atoms with E-state index in [0.29, 0.717) is 25.3 Å². The van der Waals surface area contributed by atoms with Crippen LogP contribution in [0.5, 0.6) is 5.75 Å². The average molecular weight is 476 g/mol. The summed E-state index contributed by atoms with van der Waals surface area (Å²) in [7, 11) is 0. The largest absolute Gasteiger partial charge is 0.481 e. The summed E-state index contributed by atoms with van der Waals surface area (Å²) in [4.78, 5) is 29.6. The third kappa shape index (κ3) is 3.61. The highest BCUT2D eigenvalue weighted by Gasteiger charge is 2.37. The van der Waals surface area contributed by atoms with Gasteiger partial charge in [-0.15, -0.1) is 11.3 Å². The maximum atomic E-state index is 14.3. The lowest BCUT2D eigenvalue weighted by molar-refractivity contribution is -0.142. The number of carboxylic acids is 1. The SMILES string of the molecule is O=C(O)CC1Oc2c(F)cccc2N(Cc2nc3c(Cl)cc(Cl)c(Cl)c3s2)C1=O. The normalized spacial score (nSPS) is 16.1. The number of hydrogen-bond acceptors (Lipinski definition) is 5. The minimum Gasteiger partial charge on any atom is -0.481 e. The molecule has 2 heterocycles. The van der Waals surface area contributed by atoms with E-state index in [9.17, 15) is 14.0 Å². The number of para-hydroxylation sites is 1. The van der Waals surface area contributed by atoms with Crippen molar-refractivity contribution >= 4 is 73.9 Å². The van der Waals surface area contributed by atoms with Crippen molar-refractivity contribution in [3.8, 4) is 5.75 Å². The molecule has 29 heavy (non-hydrogen) atoms. The molecule has 1 atom stereocenters. The molecule has 11 heteroatoms. The van der Waals surface area contributed by atoms with E-state index < -0.39 is 30.2 Å². The predicted octanol–water partition coefficient (Wildman–Crippen LogP) is 5.16. The van der Waals surface area contributed by atoms with Crippen LogP contribution in [0.2, 0.25) is 15.1 Å². The zero-order valence-corrected chi connectivity index (χ0v) is 17.4. The van der Waals surface area contributed by atoms with Crippen LogP contribution in [0.15, 0.2) is 24.3 Å². The maximum absolute atomic E-state index is 14.3. The fraction of sp³-hybridized carbons (Fsp3) is 0.167. The number of anilines is 1. The third-order valence-electron chi connectivity index (χ3n) is 4.25. The molecule has 6 nitrogen and oxygen atoms in total. The van der Waals surface area contributed by atoms with Gasteiger partial charge in [0.05, 0.1) is 38.4 Å². The van der Waals surface area contributed by atoms with Gasteiger partial charge in [0, 0.05) is 0 Å². The molecule has 2 aromatic carbocycles. The second kappa shape index (κ2) is 7.60. The number of halogens is 4. The minimum atomic E-state index is -1.35. The van der Waals surface area contributed by atoms with E-state index in [4.69, 9.17) is 44.6 Å². The number of carbonyl (C=O) groups excluding carboxylic acids is 1. The number of amides is 1. The smallest absolute Gasteiger partial charge is 0.307 e. The average Bonchev–Trinajstić information content (AvgIpc) is 3.08. The van der Waals surface area contributed by atoms with Crippen LogP contribution < -0.4 is 9.64 Å². The van der Waals surface area contributed by atoms with Gasteiger partial charge in [0.25, 0.3) is 5.91 Å². The molecule has 1 aliphatic heterocycles. The second-order valence-electron chi connectivity index (χ2n) is 6.16. The fourth-order valence-corrected chi connectivity index (χ4v) is 4.89. The quantitative estimate of drug-likeness (QED) is 0.527. The number of nitrogens with zero attached hydrogens (tertiary/aromatic N) is 2. The van der Waals surface area contributed by atoms with Crippen LogP contribution in [0.3, 0.4) is 0 Å². The van der Waals surface area contributed by atoms with Crippen molar-refractivity contribution < 1.29 is 23.8 Å². The molecule has 4 rings (SSSR count). The van der Waals surface area contributed by atoms with Crippen LogP contribution >= 0.6 is 46.1 Å². The van der Waals surface area contributed by atoms with Crippen molar-refractivity contribution in [1.82, 2.24) is 4.98 Å². The number of aliphatic carboxylic acids is 1. The van der Waals surface area contributed by atoms with Crippen LogP contribution in [0.4, 0.5) is 10.1 Å². The second-order valence-corrected chi connectivity index (χ2v) is 8.43. The first-order valence-electron chi connectivity index (χ1n) is 8.17. The number of thiazole rings is 1. The first kappa shape index (κ1) is 20.2. The maximum Gasteiger partial charge on any atom is 0.307 e. The summed E-state index contributed by atoms with van der Waals surface area (Å²) in [6.07, 6.45) is -1.95. The van der Waals surface area contributed by atoms with E-state index in [1.807, 2.05) is 0 Å². The lowest BCUT2D eigenvalue weighted by atomic mass is 10.1. The van der Waals surface area contributed by atoms with E-state index in [2.05, 4.69) is 4.98 Å². The van der Waals surface area contributed by atoms with Crippen LogP contribution in [0.25, 0.3) is 10.2 Å². The van der Waals surface area contributed by atoms with Gasteiger partial charge in [0.1, 0.15) is 10.5 Å². The van der Waals surface area contributed by atoms with E-state index in [1.54, 1.807) is 0 Å². The molecule has 3 aromatic rings. The van der Waals surface area contributed by atoms with Crippen molar-refractivity contribution in [2.75, 3.05) is 4.90 Å². The van der Waals surface area contributed by atoms with Gasteiger partial charge in [-0.1, -0.05) is 40.9 Å². The topological polar surface area (TPSA) is 79.7 Å². The monoisotopic (exact) mass is 474 g/mol. The summed E-state index contributed by atoms with van der Waals surface area (Å²) < 4.78 is 20.2. The molecule has 1 N–H and O–H groups in total. The van der Waals surface area contributed by atoms with Gasteiger partial charge in [0.2, 0.25) is 0 Å². The molecule has 0 spiro atoms. The number of fused-ring (bicyclic) bond motifs is 2. The highest BCUT2D eigenvalue weighted by atomic mass is 35.5. The lowest BCUT2D eigenvalue weighted by Gasteiger charge is -2.33. The number of hydrogen-bond donors (Lipinski definition) is 1. The molecule has 0 fully saturated rings. The number of carbonyl (C=O) groups is 2. The van der Waals surface area contributed by atoms with Crippen molar-refractivity contribution in [3.63, 3.8) is 0 Å². The van der Waals surface area contributed by atoms with Gasteiger partial charge in [-0.05, 0) is 18.2 Å². The van der Waals surface area contributed by atoms with Crippen molar-refractivity contribution in [2.24, 2.45) is 0 Å². The number of rotatable bonds is 4. The summed E-state index contributed by atoms with van der Waals surface area (Å²) in [6.45, 7) is -0.0433. The van der Waals surface area contributed by atoms with Crippen molar-refractivity contribution in [3.05, 3.63) is 50.2 Å². The van der Waals surface area contributed by atoms with Gasteiger partial charge in [-0.3, -0.25) is 14.5 Å². The molecule has 1 aliphatic rings. The fourth-order valence-electron chi connectivity index (χ4n) is 2.99. The molecule has 1 aromatic heterocycles. The lowest BCUT2D eigenvalue weighted by Crippen LogP contribution is -2.46. The minimum absolute atomic E-state index is 0.0433. The molecule has 0 radical (unpaired) electrons. The third-order valence-corrected chi connectivity index (χ3v) is 6.50. The highest BCUT2D eigenvalue weighted by Crippen LogP contribution is 2.41. The summed E-state index contributed by atoms with van der Waals surface area (Å²) >= 11 is 19.7. The predicted molar refractivity (Wildman–Crippen MR) is 109 cm³/mol. The van der Waals surface area contributed by atoms with Crippen molar-refractivity contribution in [2.45, 2.75) is 19.1 Å². The Labute approximate surface area is 182 Å². The zero-order valence-electron chi connectivity index (χ0n) is 14.3. The molecule has 1 unspecified atom stereocenters. The summed E-state index contributed by atoms with van der Waals surface area (Å²) in [6, 6.07) is 5.59. The summed E-state index contributed by atoms with van der Waals surface area (Å²) in [5.74, 6) is -2.73.